The fraction of sp³-hybridized carbons (Fsp3) is 0.0769. The van der Waals surface area contributed by atoms with Crippen molar-refractivity contribution in [3.8, 4) is 11.5 Å². The highest BCUT2D eigenvalue weighted by molar-refractivity contribution is 9.10. The smallest absolute Gasteiger partial charge is 0.343 e. The Hall–Kier alpha value is -3.69. The highest BCUT2D eigenvalue weighted by Crippen LogP contribution is 2.32. The largest absolute Gasteiger partial charge is 0.497 e. The SMILES string of the molecule is COc1ccc(C(=O)Oc2ccc(/C=C3/SC(=O)N(CC(=O)c4ccc(Br)cc4)C3=O)cc2)cc1. The lowest BCUT2D eigenvalue weighted by molar-refractivity contribution is -0.122. The fourth-order valence-electron chi connectivity index (χ4n) is 3.18. The third-order valence-electron chi connectivity index (χ3n) is 5.06. The normalized spacial score (nSPS) is 14.3. The topological polar surface area (TPSA) is 90.0 Å². The van der Waals surface area contributed by atoms with Gasteiger partial charge in [-0.1, -0.05) is 40.2 Å². The van der Waals surface area contributed by atoms with Crippen LogP contribution in [-0.4, -0.2) is 41.5 Å². The number of halogens is 1. The molecule has 0 N–H and O–H groups in total. The van der Waals surface area contributed by atoms with Crippen LogP contribution in [0, 0.1) is 0 Å². The third kappa shape index (κ3) is 5.87. The summed E-state index contributed by atoms with van der Waals surface area (Å²) in [7, 11) is 1.54. The van der Waals surface area contributed by atoms with Crippen LogP contribution in [0.4, 0.5) is 4.79 Å². The highest BCUT2D eigenvalue weighted by Gasteiger charge is 2.36. The molecule has 0 unspecified atom stereocenters. The lowest BCUT2D eigenvalue weighted by atomic mass is 10.1. The summed E-state index contributed by atoms with van der Waals surface area (Å²) in [6.45, 7) is -0.329. The maximum atomic E-state index is 12.7. The Labute approximate surface area is 213 Å². The highest BCUT2D eigenvalue weighted by atomic mass is 79.9. The first kappa shape index (κ1) is 24.4. The molecule has 0 radical (unpaired) electrons. The van der Waals surface area contributed by atoms with Crippen LogP contribution in [0.15, 0.2) is 82.2 Å². The van der Waals surface area contributed by atoms with Crippen molar-refractivity contribution >= 4 is 56.7 Å². The van der Waals surface area contributed by atoms with Crippen molar-refractivity contribution in [2.75, 3.05) is 13.7 Å². The Kier molecular flexibility index (Phi) is 7.48. The molecular formula is C26H18BrNO6S. The molecule has 0 aliphatic carbocycles. The maximum absolute atomic E-state index is 12.7. The first-order chi connectivity index (χ1) is 16.8. The van der Waals surface area contributed by atoms with E-state index in [9.17, 15) is 19.2 Å². The number of ether oxygens (including phenoxy) is 2. The Morgan fingerprint density at radius 1 is 0.886 bits per heavy atom. The van der Waals surface area contributed by atoms with Crippen molar-refractivity contribution in [2.45, 2.75) is 0 Å². The lowest BCUT2D eigenvalue weighted by Gasteiger charge is -2.11. The Morgan fingerprint density at radius 2 is 1.49 bits per heavy atom. The number of hydrogen-bond acceptors (Lipinski definition) is 7. The molecule has 0 saturated carbocycles. The molecule has 0 bridgehead atoms. The number of ketones is 1. The molecule has 1 fully saturated rings. The van der Waals surface area contributed by atoms with Gasteiger partial charge in [0.1, 0.15) is 11.5 Å². The van der Waals surface area contributed by atoms with E-state index in [4.69, 9.17) is 9.47 Å². The fourth-order valence-corrected chi connectivity index (χ4v) is 4.29. The summed E-state index contributed by atoms with van der Waals surface area (Å²) in [5, 5.41) is -0.503. The summed E-state index contributed by atoms with van der Waals surface area (Å²) in [6.07, 6.45) is 1.56. The number of thioether (sulfide) groups is 1. The minimum Gasteiger partial charge on any atom is -0.497 e. The summed E-state index contributed by atoms with van der Waals surface area (Å²) in [4.78, 5) is 51.0. The molecule has 1 aliphatic rings. The molecule has 176 valence electrons. The second kappa shape index (κ2) is 10.7. The molecule has 2 amide bonds. The molecule has 35 heavy (non-hydrogen) atoms. The summed E-state index contributed by atoms with van der Waals surface area (Å²) in [5.41, 5.74) is 1.43. The number of nitrogens with zero attached hydrogens (tertiary/aromatic N) is 1. The number of amides is 2. The van der Waals surface area contributed by atoms with Crippen LogP contribution in [-0.2, 0) is 4.79 Å². The van der Waals surface area contributed by atoms with Gasteiger partial charge in [-0.2, -0.15) is 0 Å². The summed E-state index contributed by atoms with van der Waals surface area (Å²) in [5.74, 6) is -0.411. The molecule has 0 atom stereocenters. The molecule has 0 spiro atoms. The molecule has 1 heterocycles. The Balaban J connectivity index is 1.40. The molecular weight excluding hydrogens is 534 g/mol. The monoisotopic (exact) mass is 551 g/mol. The van der Waals surface area contributed by atoms with E-state index in [1.54, 1.807) is 86.0 Å². The van der Waals surface area contributed by atoms with E-state index in [0.29, 0.717) is 28.2 Å². The summed E-state index contributed by atoms with van der Waals surface area (Å²) >= 11 is 4.08. The number of esters is 1. The number of carbonyl (C=O) groups excluding carboxylic acids is 4. The standard InChI is InChI=1S/C26H18BrNO6S/c1-33-20-12-6-18(7-13-20)25(31)34-21-10-2-16(3-11-21)14-23-24(30)28(26(32)35-23)15-22(29)17-4-8-19(27)9-5-17/h2-14H,15H2,1H3/b23-14+. The van der Waals surface area contributed by atoms with Gasteiger partial charge in [-0.25, -0.2) is 4.79 Å². The predicted octanol–water partition coefficient (Wildman–Crippen LogP) is 5.60. The van der Waals surface area contributed by atoms with Crippen molar-refractivity contribution < 1.29 is 28.7 Å². The van der Waals surface area contributed by atoms with Gasteiger partial charge in [-0.3, -0.25) is 19.3 Å². The quantitative estimate of drug-likeness (QED) is 0.163. The first-order valence-corrected chi connectivity index (χ1v) is 12.0. The average molecular weight is 552 g/mol. The van der Waals surface area contributed by atoms with E-state index < -0.39 is 17.1 Å². The lowest BCUT2D eigenvalue weighted by Crippen LogP contribution is -2.33. The number of hydrogen-bond donors (Lipinski definition) is 0. The minimum absolute atomic E-state index is 0.210. The van der Waals surface area contributed by atoms with E-state index in [-0.39, 0.29) is 17.2 Å². The minimum atomic E-state index is -0.527. The Bertz CT molecular complexity index is 1320. The zero-order chi connectivity index (χ0) is 24.9. The van der Waals surface area contributed by atoms with Crippen molar-refractivity contribution in [2.24, 2.45) is 0 Å². The van der Waals surface area contributed by atoms with E-state index in [0.717, 1.165) is 21.1 Å². The van der Waals surface area contributed by atoms with Crippen LogP contribution in [0.25, 0.3) is 6.08 Å². The van der Waals surface area contributed by atoms with Gasteiger partial charge in [0.2, 0.25) is 0 Å². The number of Topliss-reactive ketones (excluding diaryl/α,β-unsaturated/α-hetero) is 1. The van der Waals surface area contributed by atoms with Crippen molar-refractivity contribution in [1.82, 2.24) is 4.90 Å². The van der Waals surface area contributed by atoms with Gasteiger partial charge in [0, 0.05) is 10.0 Å². The van der Waals surface area contributed by atoms with Crippen LogP contribution in [0.3, 0.4) is 0 Å². The molecule has 3 aromatic carbocycles. The second-order valence-corrected chi connectivity index (χ2v) is 9.29. The predicted molar refractivity (Wildman–Crippen MR) is 136 cm³/mol. The van der Waals surface area contributed by atoms with Crippen LogP contribution >= 0.6 is 27.7 Å². The number of carbonyl (C=O) groups is 4. The van der Waals surface area contributed by atoms with Crippen LogP contribution in [0.1, 0.15) is 26.3 Å². The molecule has 0 aromatic heterocycles. The van der Waals surface area contributed by atoms with E-state index in [1.807, 2.05) is 0 Å². The number of benzene rings is 3. The van der Waals surface area contributed by atoms with Gasteiger partial charge < -0.3 is 9.47 Å². The number of methoxy groups -OCH3 is 1. The first-order valence-electron chi connectivity index (χ1n) is 10.3. The molecule has 1 aliphatic heterocycles. The summed E-state index contributed by atoms with van der Waals surface area (Å²) in [6, 6.07) is 19.8. The summed E-state index contributed by atoms with van der Waals surface area (Å²) < 4.78 is 11.3. The van der Waals surface area contributed by atoms with Crippen LogP contribution in [0.2, 0.25) is 0 Å². The zero-order valence-corrected chi connectivity index (χ0v) is 20.8. The van der Waals surface area contributed by atoms with Gasteiger partial charge in [0.05, 0.1) is 24.1 Å². The molecule has 3 aromatic rings. The second-order valence-electron chi connectivity index (χ2n) is 7.38. The van der Waals surface area contributed by atoms with Crippen LogP contribution in [0.5, 0.6) is 11.5 Å². The zero-order valence-electron chi connectivity index (χ0n) is 18.4. The van der Waals surface area contributed by atoms with E-state index >= 15 is 0 Å². The van der Waals surface area contributed by atoms with E-state index in [1.165, 1.54) is 0 Å². The molecule has 9 heteroatoms. The van der Waals surface area contributed by atoms with Crippen molar-refractivity contribution in [1.29, 1.82) is 0 Å². The molecule has 4 rings (SSSR count). The van der Waals surface area contributed by atoms with Gasteiger partial charge in [-0.05, 0) is 71.9 Å². The average Bonchev–Trinajstić information content (AvgIpc) is 3.12. The van der Waals surface area contributed by atoms with Gasteiger partial charge in [-0.15, -0.1) is 0 Å². The van der Waals surface area contributed by atoms with Gasteiger partial charge in [0.15, 0.2) is 5.78 Å². The Morgan fingerprint density at radius 3 is 2.11 bits per heavy atom. The van der Waals surface area contributed by atoms with Crippen molar-refractivity contribution in [3.05, 3.63) is 98.9 Å². The van der Waals surface area contributed by atoms with Gasteiger partial charge in [0.25, 0.3) is 11.1 Å². The van der Waals surface area contributed by atoms with Gasteiger partial charge >= 0.3 is 5.97 Å². The van der Waals surface area contributed by atoms with E-state index in [2.05, 4.69) is 15.9 Å². The number of imide groups is 1. The third-order valence-corrected chi connectivity index (χ3v) is 6.49. The van der Waals surface area contributed by atoms with Crippen LogP contribution < -0.4 is 9.47 Å². The molecule has 1 saturated heterocycles. The number of rotatable bonds is 7. The molecule has 7 nitrogen and oxygen atoms in total. The maximum Gasteiger partial charge on any atom is 0.343 e. The van der Waals surface area contributed by atoms with Crippen molar-refractivity contribution in [3.63, 3.8) is 0 Å².